The molecule has 3 heterocycles. The monoisotopic (exact) mass is 505 g/mol. The maximum Gasteiger partial charge on any atom is 0.242 e. The van der Waals surface area contributed by atoms with Crippen LogP contribution in [0.2, 0.25) is 10.0 Å². The number of aromatic nitrogens is 2. The lowest BCUT2D eigenvalue weighted by atomic mass is 9.96. The first-order valence-corrected chi connectivity index (χ1v) is 11.8. The molecule has 3 N–H and O–H groups in total. The Kier molecular flexibility index (Phi) is 7.40. The summed E-state index contributed by atoms with van der Waals surface area (Å²) < 4.78 is 15.2. The molecule has 0 radical (unpaired) electrons. The summed E-state index contributed by atoms with van der Waals surface area (Å²) in [5.74, 6) is -0.738. The number of carbonyl (C=O) groups is 2. The fourth-order valence-electron chi connectivity index (χ4n) is 4.24. The second-order valence-electron chi connectivity index (χ2n) is 8.77. The third-order valence-corrected chi connectivity index (χ3v) is 6.68. The van der Waals surface area contributed by atoms with Crippen LogP contribution >= 0.6 is 23.2 Å². The molecule has 1 aromatic carbocycles. The number of hydrogen-bond acceptors (Lipinski definition) is 4. The number of aryl methyl sites for hydroxylation is 1. The molecule has 180 valence electrons. The zero-order valence-corrected chi connectivity index (χ0v) is 20.4. The minimum Gasteiger partial charge on any atom is -0.350 e. The molecule has 1 saturated heterocycles. The van der Waals surface area contributed by atoms with E-state index in [9.17, 15) is 14.0 Å². The van der Waals surface area contributed by atoms with E-state index in [4.69, 9.17) is 23.2 Å². The van der Waals surface area contributed by atoms with Gasteiger partial charge in [-0.2, -0.15) is 0 Å². The van der Waals surface area contributed by atoms with Crippen molar-refractivity contribution >= 4 is 46.0 Å². The molecule has 2 amide bonds. The fourth-order valence-corrected chi connectivity index (χ4v) is 4.73. The highest BCUT2D eigenvalue weighted by Gasteiger charge is 2.31. The van der Waals surface area contributed by atoms with Crippen molar-refractivity contribution in [2.45, 2.75) is 38.4 Å². The maximum atomic E-state index is 13.4. The first kappa shape index (κ1) is 24.4. The summed E-state index contributed by atoms with van der Waals surface area (Å²) in [4.78, 5) is 29.6. The number of benzene rings is 1. The van der Waals surface area contributed by atoms with Crippen molar-refractivity contribution < 1.29 is 14.0 Å². The molecule has 1 aliphatic rings. The molecular formula is C24H26Cl2FN5O2. The molecule has 3 atom stereocenters. The Morgan fingerprint density at radius 2 is 2.06 bits per heavy atom. The van der Waals surface area contributed by atoms with Crippen LogP contribution in [0.3, 0.4) is 0 Å². The number of rotatable bonds is 7. The van der Waals surface area contributed by atoms with E-state index in [1.165, 1.54) is 6.07 Å². The number of hydrogen-bond donors (Lipinski definition) is 3. The first-order chi connectivity index (χ1) is 16.2. The van der Waals surface area contributed by atoms with Gasteiger partial charge in [-0.05, 0) is 61.6 Å². The van der Waals surface area contributed by atoms with Crippen molar-refractivity contribution in [3.63, 3.8) is 0 Å². The van der Waals surface area contributed by atoms with Crippen LogP contribution in [0.1, 0.15) is 24.5 Å². The Hall–Kier alpha value is -2.68. The predicted octanol–water partition coefficient (Wildman–Crippen LogP) is 3.36. The van der Waals surface area contributed by atoms with Gasteiger partial charge in [0.15, 0.2) is 0 Å². The molecule has 0 saturated carbocycles. The van der Waals surface area contributed by atoms with Crippen molar-refractivity contribution in [2.24, 2.45) is 13.0 Å². The lowest BCUT2D eigenvalue weighted by Gasteiger charge is -2.17. The molecular weight excluding hydrogens is 480 g/mol. The summed E-state index contributed by atoms with van der Waals surface area (Å²) in [5, 5.41) is 10.3. The van der Waals surface area contributed by atoms with E-state index in [0.717, 1.165) is 22.2 Å². The molecule has 34 heavy (non-hydrogen) atoms. The minimum atomic E-state index is -0.693. The minimum absolute atomic E-state index is 0.0974. The van der Waals surface area contributed by atoms with Gasteiger partial charge in [-0.15, -0.1) is 0 Å². The number of amides is 2. The average molecular weight is 506 g/mol. The lowest BCUT2D eigenvalue weighted by molar-refractivity contribution is -0.129. The normalized spacial score (nSPS) is 18.7. The van der Waals surface area contributed by atoms with Crippen molar-refractivity contribution in [1.29, 1.82) is 0 Å². The van der Waals surface area contributed by atoms with E-state index in [-0.39, 0.29) is 35.3 Å². The Labute approximate surface area is 207 Å². The van der Waals surface area contributed by atoms with Gasteiger partial charge >= 0.3 is 0 Å². The number of pyridine rings is 1. The summed E-state index contributed by atoms with van der Waals surface area (Å²) >= 11 is 12.1. The Morgan fingerprint density at radius 1 is 1.26 bits per heavy atom. The second kappa shape index (κ2) is 10.3. The molecule has 0 spiro atoms. The highest BCUT2D eigenvalue weighted by molar-refractivity contribution is 6.35. The standard InChI is InChI=1S/C24H26Cl2FN5O2/c1-13(23(33)30-11-16-6-17-19(26)12-32(2)22(17)29-10-16)31-24(34)21-8-15(9-28-21)5-14-3-4-20(27)18(25)7-14/h3-4,6-7,10,12-13,15,21,28H,5,8-9,11H2,1-2H3,(H,30,33)(H,31,34)/t13-,15-,21?/m0/s1. The van der Waals surface area contributed by atoms with Gasteiger partial charge in [0.2, 0.25) is 11.8 Å². The van der Waals surface area contributed by atoms with Gasteiger partial charge in [0.05, 0.1) is 16.1 Å². The highest BCUT2D eigenvalue weighted by Crippen LogP contribution is 2.25. The topological polar surface area (TPSA) is 88.1 Å². The molecule has 1 aliphatic heterocycles. The highest BCUT2D eigenvalue weighted by atomic mass is 35.5. The maximum absolute atomic E-state index is 13.4. The zero-order valence-electron chi connectivity index (χ0n) is 18.9. The van der Waals surface area contributed by atoms with Gasteiger partial charge in [-0.3, -0.25) is 9.59 Å². The third kappa shape index (κ3) is 5.51. The van der Waals surface area contributed by atoms with Crippen molar-refractivity contribution in [3.05, 3.63) is 63.6 Å². The Morgan fingerprint density at radius 3 is 2.82 bits per heavy atom. The number of carbonyl (C=O) groups excluding carboxylic acids is 2. The van der Waals surface area contributed by atoms with Crippen molar-refractivity contribution in [1.82, 2.24) is 25.5 Å². The van der Waals surface area contributed by atoms with E-state index in [1.54, 1.807) is 31.5 Å². The van der Waals surface area contributed by atoms with Gasteiger partial charge in [-0.1, -0.05) is 29.3 Å². The van der Waals surface area contributed by atoms with Crippen molar-refractivity contribution in [2.75, 3.05) is 6.54 Å². The molecule has 4 rings (SSSR count). The molecule has 3 aromatic rings. The summed E-state index contributed by atoms with van der Waals surface area (Å²) in [6, 6.07) is 5.50. The number of fused-ring (bicyclic) bond motifs is 1. The summed E-state index contributed by atoms with van der Waals surface area (Å²) in [6.07, 6.45) is 4.80. The number of halogens is 3. The zero-order chi connectivity index (χ0) is 24.4. The smallest absolute Gasteiger partial charge is 0.242 e. The SMILES string of the molecule is C[C@H](NC(=O)C1C[C@H](Cc2ccc(F)c(Cl)c2)CN1)C(=O)NCc1cnc2c(c1)c(Cl)cn2C. The number of nitrogens with one attached hydrogen (secondary N) is 3. The van der Waals surface area contributed by atoms with Gasteiger partial charge in [-0.25, -0.2) is 9.37 Å². The van der Waals surface area contributed by atoms with Crippen LogP contribution in [-0.4, -0.2) is 40.0 Å². The molecule has 0 aliphatic carbocycles. The third-order valence-electron chi connectivity index (χ3n) is 6.09. The van der Waals surface area contributed by atoms with Crippen LogP contribution in [0.25, 0.3) is 11.0 Å². The molecule has 0 bridgehead atoms. The summed E-state index contributed by atoms with van der Waals surface area (Å²) in [5.41, 5.74) is 2.51. The van der Waals surface area contributed by atoms with Gasteiger partial charge in [0.1, 0.15) is 17.5 Å². The fraction of sp³-hybridized carbons (Fsp3) is 0.375. The summed E-state index contributed by atoms with van der Waals surface area (Å²) in [6.45, 7) is 2.58. The number of nitrogens with zero attached hydrogens (tertiary/aromatic N) is 2. The largest absolute Gasteiger partial charge is 0.350 e. The van der Waals surface area contributed by atoms with E-state index >= 15 is 0 Å². The first-order valence-electron chi connectivity index (χ1n) is 11.1. The van der Waals surface area contributed by atoms with Crippen LogP contribution in [0, 0.1) is 11.7 Å². The van der Waals surface area contributed by atoms with Crippen LogP contribution in [0.15, 0.2) is 36.7 Å². The van der Waals surface area contributed by atoms with Crippen molar-refractivity contribution in [3.8, 4) is 0 Å². The van der Waals surface area contributed by atoms with Crippen LogP contribution in [0.4, 0.5) is 4.39 Å². The van der Waals surface area contributed by atoms with E-state index in [1.807, 2.05) is 17.7 Å². The molecule has 7 nitrogen and oxygen atoms in total. The Balaban J connectivity index is 1.25. The predicted molar refractivity (Wildman–Crippen MR) is 130 cm³/mol. The van der Waals surface area contributed by atoms with E-state index < -0.39 is 11.9 Å². The average Bonchev–Trinajstić information content (AvgIpc) is 3.38. The van der Waals surface area contributed by atoms with Gasteiger partial charge in [0, 0.05) is 31.4 Å². The molecule has 1 unspecified atom stereocenters. The van der Waals surface area contributed by atoms with Gasteiger partial charge in [0.25, 0.3) is 0 Å². The molecule has 1 fully saturated rings. The molecule has 2 aromatic heterocycles. The van der Waals surface area contributed by atoms with Crippen LogP contribution < -0.4 is 16.0 Å². The van der Waals surface area contributed by atoms with Gasteiger partial charge < -0.3 is 20.5 Å². The molecule has 10 heteroatoms. The van der Waals surface area contributed by atoms with Crippen LogP contribution in [0.5, 0.6) is 0 Å². The van der Waals surface area contributed by atoms with E-state index in [0.29, 0.717) is 24.4 Å². The summed E-state index contributed by atoms with van der Waals surface area (Å²) in [7, 11) is 1.87. The lowest BCUT2D eigenvalue weighted by Crippen LogP contribution is -2.49. The van der Waals surface area contributed by atoms with Crippen LogP contribution in [-0.2, 0) is 29.6 Å². The second-order valence-corrected chi connectivity index (χ2v) is 9.58. The Bertz CT molecular complexity index is 1230. The van der Waals surface area contributed by atoms with E-state index in [2.05, 4.69) is 20.9 Å². The quantitative estimate of drug-likeness (QED) is 0.459.